The van der Waals surface area contributed by atoms with E-state index in [1.165, 1.54) is 24.3 Å². The zero-order valence-corrected chi connectivity index (χ0v) is 13.3. The van der Waals surface area contributed by atoms with E-state index in [9.17, 15) is 26.4 Å². The van der Waals surface area contributed by atoms with Crippen LogP contribution in [0.4, 0.5) is 18.9 Å². The highest BCUT2D eigenvalue weighted by Gasteiger charge is 2.29. The summed E-state index contributed by atoms with van der Waals surface area (Å²) in [7, 11) is -4.10. The van der Waals surface area contributed by atoms with Gasteiger partial charge in [-0.25, -0.2) is 8.42 Å². The van der Waals surface area contributed by atoms with Gasteiger partial charge in [0.1, 0.15) is 17.2 Å². The molecule has 0 unspecified atom stereocenters. The largest absolute Gasteiger partial charge is 0.484 e. The fourth-order valence-corrected chi connectivity index (χ4v) is 2.75. The monoisotopic (exact) mass is 378 g/mol. The molecule has 1 heterocycles. The van der Waals surface area contributed by atoms with Gasteiger partial charge in [0, 0.05) is 11.9 Å². The Morgan fingerprint density at radius 1 is 1.28 bits per heavy atom. The van der Waals surface area contributed by atoms with Crippen molar-refractivity contribution in [1.29, 1.82) is 0 Å². The Bertz CT molecular complexity index is 847. The molecule has 25 heavy (non-hydrogen) atoms. The second-order valence-corrected chi connectivity index (χ2v) is 6.56. The Balaban J connectivity index is 2.07. The van der Waals surface area contributed by atoms with Crippen molar-refractivity contribution in [3.63, 3.8) is 0 Å². The van der Waals surface area contributed by atoms with E-state index in [2.05, 4.69) is 9.82 Å². The van der Waals surface area contributed by atoms with Gasteiger partial charge < -0.3 is 10.5 Å². The maximum absolute atomic E-state index is 12.3. The maximum Gasteiger partial charge on any atom is 0.408 e. The lowest BCUT2D eigenvalue weighted by molar-refractivity contribution is -0.142. The Morgan fingerprint density at radius 3 is 2.48 bits per heavy atom. The number of carbonyl (C=O) groups is 1. The molecule has 0 saturated heterocycles. The van der Waals surface area contributed by atoms with Crippen LogP contribution in [0.2, 0.25) is 0 Å². The van der Waals surface area contributed by atoms with Crippen LogP contribution < -0.4 is 15.2 Å². The first-order valence-electron chi connectivity index (χ1n) is 6.68. The summed E-state index contributed by atoms with van der Waals surface area (Å²) in [6.45, 7) is -1.72. The van der Waals surface area contributed by atoms with Crippen molar-refractivity contribution in [3.05, 3.63) is 36.7 Å². The van der Waals surface area contributed by atoms with E-state index in [1.807, 2.05) is 0 Å². The number of halogens is 3. The third-order valence-corrected chi connectivity index (χ3v) is 4.08. The summed E-state index contributed by atoms with van der Waals surface area (Å²) in [4.78, 5) is 10.2. The zero-order chi connectivity index (χ0) is 18.7. The summed E-state index contributed by atoms with van der Waals surface area (Å²) in [5.41, 5.74) is 5.07. The van der Waals surface area contributed by atoms with Crippen LogP contribution in [0, 0.1) is 0 Å². The third kappa shape index (κ3) is 5.67. The number of nitrogens with zero attached hydrogens (tertiary/aromatic N) is 2. The Labute approximate surface area is 140 Å². The maximum atomic E-state index is 12.3. The molecule has 3 N–H and O–H groups in total. The molecule has 1 aromatic heterocycles. The number of alkyl halides is 3. The van der Waals surface area contributed by atoms with Gasteiger partial charge in [-0.15, -0.1) is 0 Å². The van der Waals surface area contributed by atoms with Gasteiger partial charge in [-0.1, -0.05) is 0 Å². The van der Waals surface area contributed by atoms with Gasteiger partial charge in [0.15, 0.2) is 6.61 Å². The van der Waals surface area contributed by atoms with E-state index in [0.29, 0.717) is 10.4 Å². The van der Waals surface area contributed by atoms with Crippen molar-refractivity contribution in [1.82, 2.24) is 9.78 Å². The van der Waals surface area contributed by atoms with Crippen molar-refractivity contribution in [3.8, 4) is 5.75 Å². The Morgan fingerprint density at radius 2 is 1.92 bits per heavy atom. The van der Waals surface area contributed by atoms with Crippen LogP contribution in [0.15, 0.2) is 41.6 Å². The first-order valence-corrected chi connectivity index (χ1v) is 8.17. The molecule has 0 aliphatic rings. The summed E-state index contributed by atoms with van der Waals surface area (Å²) in [6.07, 6.45) is -2.92. The van der Waals surface area contributed by atoms with E-state index in [0.717, 1.165) is 12.4 Å². The van der Waals surface area contributed by atoms with Crippen molar-refractivity contribution in [2.24, 2.45) is 5.73 Å². The summed E-state index contributed by atoms with van der Waals surface area (Å²) >= 11 is 0. The lowest BCUT2D eigenvalue weighted by Gasteiger charge is -2.08. The highest BCUT2D eigenvalue weighted by molar-refractivity contribution is 7.92. The Hall–Kier alpha value is -2.76. The predicted octanol–water partition coefficient (Wildman–Crippen LogP) is 1.11. The number of hydrogen-bond donors (Lipinski definition) is 2. The summed E-state index contributed by atoms with van der Waals surface area (Å²) in [5, 5.41) is 3.38. The van der Waals surface area contributed by atoms with Crippen molar-refractivity contribution in [2.45, 2.75) is 17.6 Å². The summed E-state index contributed by atoms with van der Waals surface area (Å²) < 4.78 is 68.8. The molecule has 0 radical (unpaired) electrons. The summed E-state index contributed by atoms with van der Waals surface area (Å²) in [6, 6.07) is 5.50. The molecular formula is C13H13F3N4O4S. The van der Waals surface area contributed by atoms with Crippen molar-refractivity contribution in [2.75, 3.05) is 11.3 Å². The number of nitrogens with two attached hydrogens (primary N) is 1. The molecule has 0 aliphatic heterocycles. The normalized spacial score (nSPS) is 12.0. The van der Waals surface area contributed by atoms with Crippen LogP contribution in [-0.4, -0.2) is 36.9 Å². The van der Waals surface area contributed by atoms with Gasteiger partial charge in [0.2, 0.25) is 0 Å². The van der Waals surface area contributed by atoms with Crippen molar-refractivity contribution < 1.29 is 31.1 Å². The van der Waals surface area contributed by atoms with E-state index in [1.54, 1.807) is 0 Å². The number of carbonyl (C=O) groups excluding carboxylic acids is 1. The van der Waals surface area contributed by atoms with Crippen LogP contribution in [-0.2, 0) is 21.4 Å². The number of aromatic nitrogens is 2. The number of primary amides is 1. The molecule has 1 amide bonds. The number of amides is 1. The quantitative estimate of drug-likeness (QED) is 0.749. The zero-order valence-electron chi connectivity index (χ0n) is 12.5. The number of sulfonamides is 1. The second-order valence-electron chi connectivity index (χ2n) is 4.87. The van der Waals surface area contributed by atoms with Gasteiger partial charge in [-0.2, -0.15) is 18.3 Å². The molecule has 0 saturated carbocycles. The molecule has 2 aromatic rings. The van der Waals surface area contributed by atoms with Crippen LogP contribution >= 0.6 is 0 Å². The molecule has 0 bridgehead atoms. The van der Waals surface area contributed by atoms with Gasteiger partial charge >= 0.3 is 6.18 Å². The van der Waals surface area contributed by atoms with Crippen LogP contribution in [0.1, 0.15) is 0 Å². The molecule has 0 atom stereocenters. The molecule has 12 heteroatoms. The van der Waals surface area contributed by atoms with Crippen LogP contribution in [0.3, 0.4) is 0 Å². The highest BCUT2D eigenvalue weighted by atomic mass is 32.2. The molecular weight excluding hydrogens is 365 g/mol. The molecule has 0 aliphatic carbocycles. The smallest absolute Gasteiger partial charge is 0.408 e. The molecule has 8 nitrogen and oxygen atoms in total. The number of benzene rings is 1. The van der Waals surface area contributed by atoms with Gasteiger partial charge in [0.05, 0.1) is 6.20 Å². The van der Waals surface area contributed by atoms with Gasteiger partial charge in [0.25, 0.3) is 15.9 Å². The molecule has 2 rings (SSSR count). The third-order valence-electron chi connectivity index (χ3n) is 2.75. The fraction of sp³-hybridized carbons (Fsp3) is 0.231. The number of ether oxygens (including phenoxy) is 1. The van der Waals surface area contributed by atoms with E-state index >= 15 is 0 Å². The van der Waals surface area contributed by atoms with Gasteiger partial charge in [-0.05, 0) is 24.3 Å². The van der Waals surface area contributed by atoms with E-state index < -0.39 is 33.5 Å². The standard InChI is InChI=1S/C13H13F3N4O4S/c14-13(15,16)8-20-6-11(5-18-20)25(22,23)19-9-1-3-10(4-2-9)24-7-12(17)21/h1-6,19H,7-8H2,(H2,17,21). The number of anilines is 1. The fourth-order valence-electron chi connectivity index (χ4n) is 1.74. The number of hydrogen-bond acceptors (Lipinski definition) is 5. The van der Waals surface area contributed by atoms with E-state index in [4.69, 9.17) is 10.5 Å². The van der Waals surface area contributed by atoms with Crippen LogP contribution in [0.25, 0.3) is 0 Å². The average molecular weight is 378 g/mol. The SMILES string of the molecule is NC(=O)COc1ccc(NS(=O)(=O)c2cnn(CC(F)(F)F)c2)cc1. The minimum atomic E-state index is -4.51. The van der Waals surface area contributed by atoms with Crippen LogP contribution in [0.5, 0.6) is 5.75 Å². The van der Waals surface area contributed by atoms with Crippen molar-refractivity contribution >= 4 is 21.6 Å². The molecule has 1 aromatic carbocycles. The second kappa shape index (κ2) is 7.01. The Kier molecular flexibility index (Phi) is 5.21. The minimum absolute atomic E-state index is 0.148. The van der Waals surface area contributed by atoms with Gasteiger partial charge in [-0.3, -0.25) is 14.2 Å². The highest BCUT2D eigenvalue weighted by Crippen LogP contribution is 2.21. The molecule has 0 fully saturated rings. The van der Waals surface area contributed by atoms with E-state index in [-0.39, 0.29) is 12.3 Å². The minimum Gasteiger partial charge on any atom is -0.484 e. The lowest BCUT2D eigenvalue weighted by atomic mass is 10.3. The predicted molar refractivity (Wildman–Crippen MR) is 80.2 cm³/mol. The first-order chi connectivity index (χ1) is 11.5. The first kappa shape index (κ1) is 18.6. The summed E-state index contributed by atoms with van der Waals surface area (Å²) in [5.74, 6) is -0.375. The topological polar surface area (TPSA) is 116 Å². The number of rotatable bonds is 7. The lowest BCUT2D eigenvalue weighted by Crippen LogP contribution is -2.20. The molecule has 0 spiro atoms. The average Bonchev–Trinajstić information content (AvgIpc) is 2.93. The molecule has 136 valence electrons. The number of nitrogens with one attached hydrogen (secondary N) is 1.